The van der Waals surface area contributed by atoms with Crippen molar-refractivity contribution in [3.05, 3.63) is 102 Å². The van der Waals surface area contributed by atoms with E-state index in [4.69, 9.17) is 0 Å². The van der Waals surface area contributed by atoms with E-state index in [9.17, 15) is 0 Å². The lowest BCUT2D eigenvalue weighted by molar-refractivity contribution is 0.774. The van der Waals surface area contributed by atoms with Crippen molar-refractivity contribution in [1.29, 1.82) is 0 Å². The molecule has 1 unspecified atom stereocenters. The Kier molecular flexibility index (Phi) is 3.88. The molecule has 1 heteroatoms. The van der Waals surface area contributed by atoms with Gasteiger partial charge < -0.3 is 0 Å². The molecule has 1 nitrogen and oxygen atoms in total. The van der Waals surface area contributed by atoms with Crippen molar-refractivity contribution >= 4 is 0 Å². The second-order valence-corrected chi connectivity index (χ2v) is 4.91. The number of pyridine rings is 1. The number of hydrogen-bond acceptors (Lipinski definition) is 1. The Bertz CT molecular complexity index is 593. The molecule has 3 rings (SSSR count). The summed E-state index contributed by atoms with van der Waals surface area (Å²) in [6, 6.07) is 27.3. The molecule has 3 aromatic rings. The molecular weight excluding hydrogens is 242 g/mol. The minimum atomic E-state index is 0.305. The summed E-state index contributed by atoms with van der Waals surface area (Å²) in [4.78, 5) is 4.55. The van der Waals surface area contributed by atoms with Crippen LogP contribution < -0.4 is 0 Å². The third-order valence-corrected chi connectivity index (χ3v) is 3.53. The van der Waals surface area contributed by atoms with Gasteiger partial charge in [-0.15, -0.1) is 0 Å². The number of nitrogens with zero attached hydrogens (tertiary/aromatic N) is 1. The largest absolute Gasteiger partial charge is 0.261 e. The molecule has 0 aliphatic carbocycles. The second kappa shape index (κ2) is 6.16. The fourth-order valence-electron chi connectivity index (χ4n) is 2.51. The molecule has 0 saturated heterocycles. The van der Waals surface area contributed by atoms with Crippen molar-refractivity contribution in [2.75, 3.05) is 0 Å². The van der Waals surface area contributed by atoms with Crippen LogP contribution in [0.15, 0.2) is 85.1 Å². The van der Waals surface area contributed by atoms with E-state index in [0.717, 1.165) is 12.1 Å². The highest BCUT2D eigenvalue weighted by molar-refractivity contribution is 5.31. The molecule has 2 aromatic carbocycles. The van der Waals surface area contributed by atoms with Crippen LogP contribution in [0.4, 0.5) is 0 Å². The van der Waals surface area contributed by atoms with Crippen molar-refractivity contribution in [2.45, 2.75) is 12.3 Å². The van der Waals surface area contributed by atoms with Crippen LogP contribution in [0.2, 0.25) is 0 Å². The molecule has 0 fully saturated rings. The molecule has 0 amide bonds. The van der Waals surface area contributed by atoms with Gasteiger partial charge in [0, 0.05) is 17.8 Å². The Morgan fingerprint density at radius 2 is 1.35 bits per heavy atom. The summed E-state index contributed by atoms with van der Waals surface area (Å²) < 4.78 is 0. The summed E-state index contributed by atoms with van der Waals surface area (Å²) in [5, 5.41) is 0. The average Bonchev–Trinajstić information content (AvgIpc) is 2.55. The van der Waals surface area contributed by atoms with E-state index < -0.39 is 0 Å². The maximum atomic E-state index is 4.55. The maximum absolute atomic E-state index is 4.55. The zero-order valence-electron chi connectivity index (χ0n) is 11.3. The summed E-state index contributed by atoms with van der Waals surface area (Å²) in [6.07, 6.45) is 2.85. The van der Waals surface area contributed by atoms with Gasteiger partial charge in [0.05, 0.1) is 0 Å². The number of benzene rings is 2. The van der Waals surface area contributed by atoms with Crippen LogP contribution in [0, 0.1) is 0 Å². The highest BCUT2D eigenvalue weighted by Crippen LogP contribution is 2.26. The summed E-state index contributed by atoms with van der Waals surface area (Å²) in [5.74, 6) is 0.305. The third-order valence-electron chi connectivity index (χ3n) is 3.53. The normalized spacial score (nSPS) is 12.0. The fraction of sp³-hybridized carbons (Fsp3) is 0.105. The van der Waals surface area contributed by atoms with Crippen LogP contribution in [0.25, 0.3) is 0 Å². The summed E-state index contributed by atoms with van der Waals surface area (Å²) >= 11 is 0. The molecule has 0 radical (unpaired) electrons. The SMILES string of the molecule is c1ccc(CC(c2ccccc2)c2ccccn2)cc1. The van der Waals surface area contributed by atoms with E-state index >= 15 is 0 Å². The van der Waals surface area contributed by atoms with E-state index in [-0.39, 0.29) is 0 Å². The van der Waals surface area contributed by atoms with Gasteiger partial charge in [-0.1, -0.05) is 66.7 Å². The first kappa shape index (κ1) is 12.6. The monoisotopic (exact) mass is 259 g/mol. The maximum Gasteiger partial charge on any atom is 0.0481 e. The molecule has 0 spiro atoms. The molecule has 0 N–H and O–H groups in total. The quantitative estimate of drug-likeness (QED) is 0.674. The van der Waals surface area contributed by atoms with Crippen molar-refractivity contribution in [1.82, 2.24) is 4.98 Å². The first-order valence-electron chi connectivity index (χ1n) is 6.93. The van der Waals surface area contributed by atoms with Gasteiger partial charge in [-0.05, 0) is 29.7 Å². The Hall–Kier alpha value is -2.41. The molecular formula is C19H17N. The smallest absolute Gasteiger partial charge is 0.0481 e. The van der Waals surface area contributed by atoms with E-state index in [2.05, 4.69) is 77.8 Å². The Morgan fingerprint density at radius 3 is 2.00 bits per heavy atom. The molecule has 1 heterocycles. The van der Waals surface area contributed by atoms with Gasteiger partial charge in [0.1, 0.15) is 0 Å². The van der Waals surface area contributed by atoms with E-state index in [1.807, 2.05) is 12.3 Å². The van der Waals surface area contributed by atoms with Crippen LogP contribution in [0.1, 0.15) is 22.7 Å². The van der Waals surface area contributed by atoms with Gasteiger partial charge in [-0.25, -0.2) is 0 Å². The van der Waals surface area contributed by atoms with Crippen molar-refractivity contribution < 1.29 is 0 Å². The fourth-order valence-corrected chi connectivity index (χ4v) is 2.51. The van der Waals surface area contributed by atoms with Crippen LogP contribution in [0.3, 0.4) is 0 Å². The van der Waals surface area contributed by atoms with E-state index in [0.29, 0.717) is 5.92 Å². The predicted octanol–water partition coefficient (Wildman–Crippen LogP) is 4.46. The Morgan fingerprint density at radius 1 is 0.700 bits per heavy atom. The van der Waals surface area contributed by atoms with Gasteiger partial charge in [-0.3, -0.25) is 4.98 Å². The van der Waals surface area contributed by atoms with Crippen molar-refractivity contribution in [3.63, 3.8) is 0 Å². The zero-order chi connectivity index (χ0) is 13.6. The number of rotatable bonds is 4. The van der Waals surface area contributed by atoms with Gasteiger partial charge in [0.2, 0.25) is 0 Å². The zero-order valence-corrected chi connectivity index (χ0v) is 11.3. The van der Waals surface area contributed by atoms with E-state index in [1.165, 1.54) is 11.1 Å². The lowest BCUT2D eigenvalue weighted by Gasteiger charge is -2.17. The molecule has 0 saturated carbocycles. The van der Waals surface area contributed by atoms with Crippen LogP contribution in [-0.4, -0.2) is 4.98 Å². The van der Waals surface area contributed by atoms with Crippen molar-refractivity contribution in [3.8, 4) is 0 Å². The summed E-state index contributed by atoms with van der Waals surface area (Å²) in [7, 11) is 0. The van der Waals surface area contributed by atoms with Gasteiger partial charge >= 0.3 is 0 Å². The standard InChI is InChI=1S/C19H17N/c1-3-9-16(10-4-1)15-18(17-11-5-2-6-12-17)19-13-7-8-14-20-19/h1-14,18H,15H2. The highest BCUT2D eigenvalue weighted by atomic mass is 14.7. The third kappa shape index (κ3) is 2.94. The molecule has 0 aliphatic rings. The minimum Gasteiger partial charge on any atom is -0.261 e. The number of aromatic nitrogens is 1. The molecule has 98 valence electrons. The van der Waals surface area contributed by atoms with E-state index in [1.54, 1.807) is 0 Å². The van der Waals surface area contributed by atoms with Crippen molar-refractivity contribution in [2.24, 2.45) is 0 Å². The summed E-state index contributed by atoms with van der Waals surface area (Å²) in [6.45, 7) is 0. The average molecular weight is 259 g/mol. The first-order chi connectivity index (χ1) is 9.93. The summed E-state index contributed by atoms with van der Waals surface area (Å²) in [5.41, 5.74) is 3.78. The lowest BCUT2D eigenvalue weighted by atomic mass is 9.89. The molecule has 0 bridgehead atoms. The topological polar surface area (TPSA) is 12.9 Å². The molecule has 1 aromatic heterocycles. The highest BCUT2D eigenvalue weighted by Gasteiger charge is 2.15. The van der Waals surface area contributed by atoms with Crippen LogP contribution >= 0.6 is 0 Å². The number of hydrogen-bond donors (Lipinski definition) is 0. The van der Waals surface area contributed by atoms with Crippen LogP contribution in [0.5, 0.6) is 0 Å². The molecule has 1 atom stereocenters. The lowest BCUT2D eigenvalue weighted by Crippen LogP contribution is -2.06. The first-order valence-corrected chi connectivity index (χ1v) is 6.93. The van der Waals surface area contributed by atoms with Gasteiger partial charge in [0.15, 0.2) is 0 Å². The van der Waals surface area contributed by atoms with Crippen LogP contribution in [-0.2, 0) is 6.42 Å². The van der Waals surface area contributed by atoms with Gasteiger partial charge in [-0.2, -0.15) is 0 Å². The van der Waals surface area contributed by atoms with Gasteiger partial charge in [0.25, 0.3) is 0 Å². The Labute approximate surface area is 119 Å². The Balaban J connectivity index is 1.96. The molecule has 0 aliphatic heterocycles. The predicted molar refractivity (Wildman–Crippen MR) is 82.7 cm³/mol. The second-order valence-electron chi connectivity index (χ2n) is 4.91. The minimum absolute atomic E-state index is 0.305. The molecule has 20 heavy (non-hydrogen) atoms.